The Bertz CT molecular complexity index is 834. The van der Waals surface area contributed by atoms with Gasteiger partial charge in [0, 0.05) is 11.1 Å². The zero-order valence-corrected chi connectivity index (χ0v) is 12.2. The molecule has 0 atom stereocenters. The number of anilines is 1. The van der Waals surface area contributed by atoms with Crippen molar-refractivity contribution in [3.05, 3.63) is 53.9 Å². The summed E-state index contributed by atoms with van der Waals surface area (Å²) in [5.74, 6) is -0.703. The lowest BCUT2D eigenvalue weighted by Crippen LogP contribution is -2.07. The largest absolute Gasteiger partial charge is 0.476 e. The molecular weight excluding hydrogens is 295 g/mol. The van der Waals surface area contributed by atoms with Gasteiger partial charge in [-0.25, -0.2) is 4.39 Å². The van der Waals surface area contributed by atoms with Gasteiger partial charge in [-0.2, -0.15) is 15.5 Å². The van der Waals surface area contributed by atoms with Gasteiger partial charge in [-0.1, -0.05) is 24.3 Å². The van der Waals surface area contributed by atoms with Gasteiger partial charge in [0.1, 0.15) is 34.9 Å². The van der Waals surface area contributed by atoms with E-state index in [0.717, 1.165) is 0 Å². The number of hydrogen-bond acceptors (Lipinski definition) is 5. The third-order valence-corrected chi connectivity index (χ3v) is 3.12. The van der Waals surface area contributed by atoms with Crippen molar-refractivity contribution in [3.8, 4) is 29.1 Å². The van der Waals surface area contributed by atoms with Crippen LogP contribution in [0.25, 0.3) is 11.1 Å². The number of nitriles is 2. The Kier molecular flexibility index (Phi) is 4.91. The summed E-state index contributed by atoms with van der Waals surface area (Å²) in [5, 5.41) is 18.8. The summed E-state index contributed by atoms with van der Waals surface area (Å²) in [7, 11) is 0. The van der Waals surface area contributed by atoms with Gasteiger partial charge in [-0.15, -0.1) is 6.58 Å². The minimum atomic E-state index is -0.567. The first kappa shape index (κ1) is 16.0. The average Bonchev–Trinajstić information content (AvgIpc) is 2.55. The number of rotatable bonds is 5. The number of nitrogens with zero attached hydrogens (tertiary/aromatic N) is 3. The lowest BCUT2D eigenvalue weighted by atomic mass is 9.96. The molecular formula is C17H13FN4O. The highest BCUT2D eigenvalue weighted by Crippen LogP contribution is 2.36. The summed E-state index contributed by atoms with van der Waals surface area (Å²) in [6.45, 7) is 3.82. The van der Waals surface area contributed by atoms with Crippen LogP contribution in [0.4, 0.5) is 10.2 Å². The molecule has 0 unspecified atom stereocenters. The molecule has 0 saturated carbocycles. The van der Waals surface area contributed by atoms with Gasteiger partial charge in [-0.3, -0.25) is 0 Å². The first-order chi connectivity index (χ1) is 11.1. The van der Waals surface area contributed by atoms with E-state index in [2.05, 4.69) is 11.6 Å². The molecule has 2 aromatic rings. The molecule has 5 nitrogen and oxygen atoms in total. The number of nitrogens with two attached hydrogens (primary N) is 1. The Labute approximate surface area is 133 Å². The zero-order valence-electron chi connectivity index (χ0n) is 12.2. The van der Waals surface area contributed by atoms with E-state index in [0.29, 0.717) is 6.42 Å². The quantitative estimate of drug-likeness (QED) is 0.676. The molecule has 0 spiro atoms. The monoisotopic (exact) mass is 308 g/mol. The van der Waals surface area contributed by atoms with Crippen LogP contribution in [0, 0.1) is 28.5 Å². The van der Waals surface area contributed by atoms with Crippen molar-refractivity contribution in [1.82, 2.24) is 4.98 Å². The highest BCUT2D eigenvalue weighted by Gasteiger charge is 2.22. The maximum Gasteiger partial charge on any atom is 0.234 e. The molecule has 0 saturated heterocycles. The molecule has 0 radical (unpaired) electrons. The van der Waals surface area contributed by atoms with Crippen molar-refractivity contribution in [3.63, 3.8) is 0 Å². The maximum atomic E-state index is 14.1. The van der Waals surface area contributed by atoms with Crippen molar-refractivity contribution in [2.24, 2.45) is 0 Å². The van der Waals surface area contributed by atoms with Gasteiger partial charge in [0.15, 0.2) is 0 Å². The third kappa shape index (κ3) is 3.12. The molecule has 6 heteroatoms. The maximum absolute atomic E-state index is 14.1. The van der Waals surface area contributed by atoms with Gasteiger partial charge in [0.05, 0.1) is 6.61 Å². The predicted molar refractivity (Wildman–Crippen MR) is 83.8 cm³/mol. The number of aromatic nitrogens is 1. The highest BCUT2D eigenvalue weighted by molar-refractivity contribution is 5.82. The summed E-state index contributed by atoms with van der Waals surface area (Å²) < 4.78 is 19.6. The van der Waals surface area contributed by atoms with Crippen LogP contribution in [0.15, 0.2) is 36.9 Å². The summed E-state index contributed by atoms with van der Waals surface area (Å²) in [4.78, 5) is 3.96. The van der Waals surface area contributed by atoms with Crippen LogP contribution < -0.4 is 10.5 Å². The highest BCUT2D eigenvalue weighted by atomic mass is 19.1. The van der Waals surface area contributed by atoms with Gasteiger partial charge in [-0.05, 0) is 12.5 Å². The van der Waals surface area contributed by atoms with Crippen LogP contribution in [-0.4, -0.2) is 11.6 Å². The Balaban J connectivity index is 2.73. The van der Waals surface area contributed by atoms with Crippen molar-refractivity contribution in [2.45, 2.75) is 6.42 Å². The van der Waals surface area contributed by atoms with Crippen molar-refractivity contribution in [2.75, 3.05) is 12.3 Å². The number of nitrogen functional groups attached to an aromatic ring is 1. The molecule has 1 heterocycles. The first-order valence-corrected chi connectivity index (χ1v) is 6.76. The molecule has 0 aliphatic heterocycles. The molecule has 0 amide bonds. The van der Waals surface area contributed by atoms with Crippen LogP contribution in [0.1, 0.15) is 17.5 Å². The fraction of sp³-hybridized carbons (Fsp3) is 0.118. The molecule has 0 aliphatic rings. The zero-order chi connectivity index (χ0) is 16.8. The van der Waals surface area contributed by atoms with Crippen LogP contribution in [0.2, 0.25) is 0 Å². The molecule has 114 valence electrons. The summed E-state index contributed by atoms with van der Waals surface area (Å²) >= 11 is 0. The van der Waals surface area contributed by atoms with Crippen molar-refractivity contribution < 1.29 is 9.13 Å². The minimum Gasteiger partial charge on any atom is -0.476 e. The third-order valence-electron chi connectivity index (χ3n) is 3.12. The van der Waals surface area contributed by atoms with Gasteiger partial charge in [0.25, 0.3) is 0 Å². The van der Waals surface area contributed by atoms with Gasteiger partial charge >= 0.3 is 0 Å². The average molecular weight is 308 g/mol. The minimum absolute atomic E-state index is 0.0232. The lowest BCUT2D eigenvalue weighted by Gasteiger charge is -2.14. The van der Waals surface area contributed by atoms with E-state index in [1.807, 2.05) is 12.1 Å². The Morgan fingerprint density at radius 3 is 2.57 bits per heavy atom. The number of halogens is 1. The normalized spacial score (nSPS) is 9.70. The van der Waals surface area contributed by atoms with E-state index in [-0.39, 0.29) is 40.6 Å². The van der Waals surface area contributed by atoms with E-state index in [1.54, 1.807) is 12.1 Å². The number of pyridine rings is 1. The Morgan fingerprint density at radius 1 is 1.26 bits per heavy atom. The smallest absolute Gasteiger partial charge is 0.234 e. The van der Waals surface area contributed by atoms with Crippen LogP contribution in [0.3, 0.4) is 0 Å². The first-order valence-electron chi connectivity index (χ1n) is 6.76. The van der Waals surface area contributed by atoms with Gasteiger partial charge in [0.2, 0.25) is 5.88 Å². The Hall–Kier alpha value is -3.38. The molecule has 2 rings (SSSR count). The van der Waals surface area contributed by atoms with E-state index in [9.17, 15) is 14.9 Å². The van der Waals surface area contributed by atoms with E-state index in [4.69, 9.17) is 10.5 Å². The standard InChI is InChI=1S/C17H13FN4O/c1-2-3-8-23-17-13(10-20)15(12(9-19)16(21)22-17)11-6-4-5-7-14(11)18/h2,4-7H,1,3,8H2,(H2,21,22). The van der Waals surface area contributed by atoms with Crippen LogP contribution in [0.5, 0.6) is 5.88 Å². The fourth-order valence-electron chi connectivity index (χ4n) is 2.07. The van der Waals surface area contributed by atoms with Gasteiger partial charge < -0.3 is 10.5 Å². The Morgan fingerprint density at radius 2 is 1.96 bits per heavy atom. The number of ether oxygens (including phenoxy) is 1. The SMILES string of the molecule is C=CCCOc1nc(N)c(C#N)c(-c2ccccc2F)c1C#N. The number of benzene rings is 1. The van der Waals surface area contributed by atoms with E-state index in [1.165, 1.54) is 18.2 Å². The van der Waals surface area contributed by atoms with E-state index < -0.39 is 5.82 Å². The molecule has 23 heavy (non-hydrogen) atoms. The second-order valence-electron chi connectivity index (χ2n) is 4.56. The van der Waals surface area contributed by atoms with Crippen molar-refractivity contribution >= 4 is 5.82 Å². The molecule has 0 aliphatic carbocycles. The van der Waals surface area contributed by atoms with Crippen molar-refractivity contribution in [1.29, 1.82) is 10.5 Å². The summed E-state index contributed by atoms with van der Waals surface area (Å²) in [5.41, 5.74) is 5.90. The predicted octanol–water partition coefficient (Wildman–Crippen LogP) is 3.17. The lowest BCUT2D eigenvalue weighted by molar-refractivity contribution is 0.312. The fourth-order valence-corrected chi connectivity index (χ4v) is 2.07. The topological polar surface area (TPSA) is 95.7 Å². The summed E-state index contributed by atoms with van der Waals surface area (Å²) in [6.07, 6.45) is 2.19. The van der Waals surface area contributed by atoms with E-state index >= 15 is 0 Å². The second-order valence-corrected chi connectivity index (χ2v) is 4.56. The summed E-state index contributed by atoms with van der Waals surface area (Å²) in [6, 6.07) is 9.65. The second kappa shape index (κ2) is 7.06. The molecule has 1 aromatic carbocycles. The molecule has 1 aromatic heterocycles. The number of hydrogen-bond donors (Lipinski definition) is 1. The molecule has 0 bridgehead atoms. The molecule has 0 fully saturated rings. The van der Waals surface area contributed by atoms with Crippen LogP contribution in [-0.2, 0) is 0 Å². The molecule has 2 N–H and O–H groups in total. The van der Waals surface area contributed by atoms with Crippen LogP contribution >= 0.6 is 0 Å².